The minimum Gasteiger partial charge on any atom is -0.497 e. The molecule has 108 valence electrons. The van der Waals surface area contributed by atoms with Gasteiger partial charge in [0.15, 0.2) is 0 Å². The molecule has 3 N–H and O–H groups in total. The average Bonchev–Trinajstić information content (AvgIpc) is 2.41. The van der Waals surface area contributed by atoms with E-state index in [-0.39, 0.29) is 12.1 Å². The van der Waals surface area contributed by atoms with Gasteiger partial charge in [0.25, 0.3) is 0 Å². The minimum atomic E-state index is 0.00538. The van der Waals surface area contributed by atoms with Crippen molar-refractivity contribution in [3.63, 3.8) is 0 Å². The topological polar surface area (TPSA) is 56.5 Å². The predicted molar refractivity (Wildman–Crippen MR) is 78.1 cm³/mol. The van der Waals surface area contributed by atoms with Crippen molar-refractivity contribution in [2.24, 2.45) is 5.84 Å². The van der Waals surface area contributed by atoms with Crippen molar-refractivity contribution in [1.82, 2.24) is 5.43 Å². The first kappa shape index (κ1) is 16.0. The molecule has 0 aliphatic carbocycles. The highest BCUT2D eigenvalue weighted by Gasteiger charge is 2.23. The third-order valence-electron chi connectivity index (χ3n) is 3.32. The van der Waals surface area contributed by atoms with Crippen LogP contribution in [0.4, 0.5) is 0 Å². The Balaban J connectivity index is 2.99. The van der Waals surface area contributed by atoms with Crippen LogP contribution in [0.3, 0.4) is 0 Å². The molecule has 2 unspecified atom stereocenters. The summed E-state index contributed by atoms with van der Waals surface area (Å²) < 4.78 is 11.1. The second kappa shape index (κ2) is 8.15. The Kier molecular flexibility index (Phi) is 6.84. The highest BCUT2D eigenvalue weighted by atomic mass is 16.5. The molecule has 0 fully saturated rings. The Morgan fingerprint density at radius 3 is 2.53 bits per heavy atom. The molecule has 4 heteroatoms. The number of methoxy groups -OCH3 is 1. The lowest BCUT2D eigenvalue weighted by molar-refractivity contribution is 0.0274. The molecule has 1 rings (SSSR count). The van der Waals surface area contributed by atoms with Gasteiger partial charge in [0.05, 0.1) is 19.3 Å². The van der Waals surface area contributed by atoms with Crippen LogP contribution in [0.1, 0.15) is 43.9 Å². The highest BCUT2D eigenvalue weighted by Crippen LogP contribution is 2.27. The molecular weight excluding hydrogens is 240 g/mol. The third kappa shape index (κ3) is 4.20. The zero-order valence-electron chi connectivity index (χ0n) is 12.4. The van der Waals surface area contributed by atoms with E-state index < -0.39 is 0 Å². The standard InChI is InChI=1S/C15H26N2O2/c1-5-7-14(19-6-2)15(17-16)13-9-8-12(18-4)10-11(13)3/h8-10,14-15,17H,5-7,16H2,1-4H3. The van der Waals surface area contributed by atoms with Crippen molar-refractivity contribution in [3.05, 3.63) is 29.3 Å². The largest absolute Gasteiger partial charge is 0.497 e. The number of nitrogens with two attached hydrogens (primary N) is 1. The summed E-state index contributed by atoms with van der Waals surface area (Å²) in [5.41, 5.74) is 5.22. The molecule has 0 spiro atoms. The maximum atomic E-state index is 5.83. The first-order valence-electron chi connectivity index (χ1n) is 6.90. The van der Waals surface area contributed by atoms with Crippen LogP contribution in [0.15, 0.2) is 18.2 Å². The van der Waals surface area contributed by atoms with Gasteiger partial charge in [-0.2, -0.15) is 0 Å². The summed E-state index contributed by atoms with van der Waals surface area (Å²) in [7, 11) is 1.67. The highest BCUT2D eigenvalue weighted by molar-refractivity contribution is 5.37. The van der Waals surface area contributed by atoms with E-state index in [4.69, 9.17) is 15.3 Å². The molecule has 0 saturated heterocycles. The lowest BCUT2D eigenvalue weighted by Crippen LogP contribution is -2.38. The number of aryl methyl sites for hydroxylation is 1. The number of rotatable bonds is 8. The molecule has 1 aromatic rings. The molecule has 4 nitrogen and oxygen atoms in total. The van der Waals surface area contributed by atoms with Gasteiger partial charge in [-0.15, -0.1) is 0 Å². The summed E-state index contributed by atoms with van der Waals surface area (Å²) >= 11 is 0. The quantitative estimate of drug-likeness (QED) is 0.561. The number of hydrogen-bond acceptors (Lipinski definition) is 4. The second-order valence-electron chi connectivity index (χ2n) is 4.65. The van der Waals surface area contributed by atoms with Crippen molar-refractivity contribution in [1.29, 1.82) is 0 Å². The first-order chi connectivity index (χ1) is 9.17. The Labute approximate surface area is 116 Å². The van der Waals surface area contributed by atoms with Crippen LogP contribution >= 0.6 is 0 Å². The van der Waals surface area contributed by atoms with Crippen molar-refractivity contribution in [2.75, 3.05) is 13.7 Å². The number of ether oxygens (including phenoxy) is 2. The van der Waals surface area contributed by atoms with Gasteiger partial charge in [0.2, 0.25) is 0 Å². The SMILES string of the molecule is CCCC(OCC)C(NN)c1ccc(OC)cc1C. The summed E-state index contributed by atoms with van der Waals surface area (Å²) in [6, 6.07) is 6.04. The van der Waals surface area contributed by atoms with Crippen molar-refractivity contribution < 1.29 is 9.47 Å². The van der Waals surface area contributed by atoms with E-state index in [1.54, 1.807) is 7.11 Å². The van der Waals surface area contributed by atoms with Crippen LogP contribution in [0.2, 0.25) is 0 Å². The first-order valence-corrected chi connectivity index (χ1v) is 6.90. The van der Waals surface area contributed by atoms with Crippen LogP contribution in [0.5, 0.6) is 5.75 Å². The van der Waals surface area contributed by atoms with E-state index >= 15 is 0 Å². The molecular formula is C15H26N2O2. The molecule has 1 aromatic carbocycles. The van der Waals surface area contributed by atoms with E-state index in [1.807, 2.05) is 19.1 Å². The molecule has 0 radical (unpaired) electrons. The molecule has 19 heavy (non-hydrogen) atoms. The summed E-state index contributed by atoms with van der Waals surface area (Å²) in [6.07, 6.45) is 2.14. The second-order valence-corrected chi connectivity index (χ2v) is 4.65. The van der Waals surface area contributed by atoms with Crippen LogP contribution in [0, 0.1) is 6.92 Å². The zero-order valence-corrected chi connectivity index (χ0v) is 12.4. The minimum absolute atomic E-state index is 0.00538. The van der Waals surface area contributed by atoms with Crippen molar-refractivity contribution in [3.8, 4) is 5.75 Å². The molecule has 0 amide bonds. The third-order valence-corrected chi connectivity index (χ3v) is 3.32. The van der Waals surface area contributed by atoms with Gasteiger partial charge in [0.1, 0.15) is 5.75 Å². The van der Waals surface area contributed by atoms with E-state index in [0.29, 0.717) is 6.61 Å². The summed E-state index contributed by atoms with van der Waals surface area (Å²) in [5.74, 6) is 6.61. The normalized spacial score (nSPS) is 14.2. The fourth-order valence-corrected chi connectivity index (χ4v) is 2.37. The van der Waals surface area contributed by atoms with Gasteiger partial charge in [-0.1, -0.05) is 19.4 Å². The Hall–Kier alpha value is -1.10. The maximum Gasteiger partial charge on any atom is 0.119 e. The molecule has 0 aromatic heterocycles. The number of hydrogen-bond donors (Lipinski definition) is 2. The average molecular weight is 266 g/mol. The zero-order chi connectivity index (χ0) is 14.3. The summed E-state index contributed by atoms with van der Waals surface area (Å²) in [4.78, 5) is 0. The van der Waals surface area contributed by atoms with Crippen LogP contribution < -0.4 is 16.0 Å². The lowest BCUT2D eigenvalue weighted by Gasteiger charge is -2.28. The van der Waals surface area contributed by atoms with Gasteiger partial charge in [-0.3, -0.25) is 11.3 Å². The Morgan fingerprint density at radius 1 is 1.32 bits per heavy atom. The van der Waals surface area contributed by atoms with E-state index in [2.05, 4.69) is 25.3 Å². The smallest absolute Gasteiger partial charge is 0.119 e. The Morgan fingerprint density at radius 2 is 2.05 bits per heavy atom. The van der Waals surface area contributed by atoms with Gasteiger partial charge < -0.3 is 9.47 Å². The summed E-state index contributed by atoms with van der Waals surface area (Å²) in [6.45, 7) is 6.92. The number of nitrogens with one attached hydrogen (secondary N) is 1. The van der Waals surface area contributed by atoms with E-state index in [9.17, 15) is 0 Å². The maximum absolute atomic E-state index is 5.83. The van der Waals surface area contributed by atoms with Crippen molar-refractivity contribution >= 4 is 0 Å². The van der Waals surface area contributed by atoms with Crippen LogP contribution in [0.25, 0.3) is 0 Å². The molecule has 0 heterocycles. The van der Waals surface area contributed by atoms with E-state index in [1.165, 1.54) is 0 Å². The Bertz CT molecular complexity index is 376. The van der Waals surface area contributed by atoms with Gasteiger partial charge in [-0.05, 0) is 43.5 Å². The van der Waals surface area contributed by atoms with Gasteiger partial charge in [0, 0.05) is 6.61 Å². The van der Waals surface area contributed by atoms with Gasteiger partial charge in [-0.25, -0.2) is 0 Å². The monoisotopic (exact) mass is 266 g/mol. The summed E-state index contributed by atoms with van der Waals surface area (Å²) in [5, 5.41) is 0. The fourth-order valence-electron chi connectivity index (χ4n) is 2.37. The number of hydrazine groups is 1. The molecule has 0 aliphatic rings. The molecule has 2 atom stereocenters. The van der Waals surface area contributed by atoms with Crippen LogP contribution in [-0.4, -0.2) is 19.8 Å². The van der Waals surface area contributed by atoms with Crippen molar-refractivity contribution in [2.45, 2.75) is 45.8 Å². The van der Waals surface area contributed by atoms with Crippen LogP contribution in [-0.2, 0) is 4.74 Å². The van der Waals surface area contributed by atoms with Gasteiger partial charge >= 0.3 is 0 Å². The van der Waals surface area contributed by atoms with E-state index in [0.717, 1.165) is 29.7 Å². The molecule has 0 aliphatic heterocycles. The number of benzene rings is 1. The predicted octanol–water partition coefficient (Wildman–Crippen LogP) is 2.71. The molecule has 0 bridgehead atoms. The fraction of sp³-hybridized carbons (Fsp3) is 0.600. The lowest BCUT2D eigenvalue weighted by atomic mass is 9.94. The molecule has 0 saturated carbocycles.